The van der Waals surface area contributed by atoms with Crippen molar-refractivity contribution in [2.24, 2.45) is 0 Å². The Morgan fingerprint density at radius 3 is 2.35 bits per heavy atom. The van der Waals surface area contributed by atoms with Crippen molar-refractivity contribution in [2.75, 3.05) is 5.75 Å². The molecule has 96 valence electrons. The van der Waals surface area contributed by atoms with E-state index in [-0.39, 0.29) is 12.2 Å². The van der Waals surface area contributed by atoms with Gasteiger partial charge in [-0.1, -0.05) is 19.1 Å². The van der Waals surface area contributed by atoms with E-state index in [4.69, 9.17) is 0 Å². The highest BCUT2D eigenvalue weighted by atomic mass is 32.2. The number of halogens is 3. The minimum absolute atomic E-state index is 0.274. The van der Waals surface area contributed by atoms with Gasteiger partial charge in [0.25, 0.3) is 0 Å². The van der Waals surface area contributed by atoms with Crippen molar-refractivity contribution >= 4 is 10.1 Å². The molecule has 0 aliphatic carbocycles. The lowest BCUT2D eigenvalue weighted by Crippen LogP contribution is -2.16. The van der Waals surface area contributed by atoms with E-state index in [9.17, 15) is 21.6 Å². The Morgan fingerprint density at radius 1 is 1.24 bits per heavy atom. The smallest absolute Gasteiger partial charge is 0.382 e. The first-order valence-electron chi connectivity index (χ1n) is 4.84. The number of hydrogen-bond donors (Lipinski definition) is 0. The monoisotopic (exact) mass is 268 g/mol. The average Bonchev–Trinajstić information content (AvgIpc) is 2.15. The normalized spacial score (nSPS) is 12.5. The van der Waals surface area contributed by atoms with Crippen LogP contribution in [0.25, 0.3) is 0 Å². The molecule has 0 aliphatic heterocycles. The van der Waals surface area contributed by atoms with Crippen LogP contribution in [0.3, 0.4) is 0 Å². The van der Waals surface area contributed by atoms with Crippen LogP contribution in [0.15, 0.2) is 24.3 Å². The van der Waals surface area contributed by atoms with Gasteiger partial charge in [0.15, 0.2) is 5.75 Å². The summed E-state index contributed by atoms with van der Waals surface area (Å²) in [6, 6.07) is 4.21. The highest BCUT2D eigenvalue weighted by molar-refractivity contribution is 7.87. The van der Waals surface area contributed by atoms with Crippen LogP contribution in [0.2, 0.25) is 0 Å². The summed E-state index contributed by atoms with van der Waals surface area (Å²) < 4.78 is 64.6. The van der Waals surface area contributed by atoms with Gasteiger partial charge in [0, 0.05) is 0 Å². The van der Waals surface area contributed by atoms with Crippen LogP contribution < -0.4 is 4.18 Å². The van der Waals surface area contributed by atoms with E-state index in [1.54, 1.807) is 6.92 Å². The standard InChI is InChI=1S/C10H11F3O3S/c1-2-7-17(14,15)16-9-6-4-3-5-8(9)10(11,12)13/h3-6H,2,7H2,1H3. The van der Waals surface area contributed by atoms with E-state index < -0.39 is 27.6 Å². The van der Waals surface area contributed by atoms with Gasteiger partial charge >= 0.3 is 16.3 Å². The summed E-state index contributed by atoms with van der Waals surface area (Å²) in [5.74, 6) is -1.01. The van der Waals surface area contributed by atoms with Crippen molar-refractivity contribution < 1.29 is 25.8 Å². The Bertz CT molecular complexity index is 480. The zero-order chi connectivity index (χ0) is 13.1. The molecular formula is C10H11F3O3S. The molecule has 0 saturated heterocycles. The Morgan fingerprint density at radius 2 is 1.82 bits per heavy atom. The first-order chi connectivity index (χ1) is 7.76. The molecule has 0 saturated carbocycles. The van der Waals surface area contributed by atoms with E-state index in [1.165, 1.54) is 12.1 Å². The zero-order valence-corrected chi connectivity index (χ0v) is 9.81. The number of para-hydroxylation sites is 1. The van der Waals surface area contributed by atoms with Gasteiger partial charge in [-0.25, -0.2) is 0 Å². The minimum atomic E-state index is -4.64. The molecule has 0 spiro atoms. The molecule has 0 aromatic heterocycles. The maximum atomic E-state index is 12.5. The zero-order valence-electron chi connectivity index (χ0n) is 8.99. The molecule has 3 nitrogen and oxygen atoms in total. The molecule has 1 rings (SSSR count). The lowest BCUT2D eigenvalue weighted by Gasteiger charge is -2.12. The van der Waals surface area contributed by atoms with E-state index >= 15 is 0 Å². The number of rotatable bonds is 4. The predicted molar refractivity (Wildman–Crippen MR) is 56.1 cm³/mol. The fourth-order valence-electron chi connectivity index (χ4n) is 1.20. The summed E-state index contributed by atoms with van der Waals surface area (Å²) in [7, 11) is -3.97. The molecule has 0 unspecified atom stereocenters. The Balaban J connectivity index is 3.08. The summed E-state index contributed by atoms with van der Waals surface area (Å²) in [6.45, 7) is 1.59. The summed E-state index contributed by atoms with van der Waals surface area (Å²) in [5.41, 5.74) is -1.10. The van der Waals surface area contributed by atoms with Crippen LogP contribution in [-0.4, -0.2) is 14.2 Å². The third-order valence-corrected chi connectivity index (χ3v) is 3.21. The minimum Gasteiger partial charge on any atom is -0.382 e. The van der Waals surface area contributed by atoms with Crippen LogP contribution in [0, 0.1) is 0 Å². The fraction of sp³-hybridized carbons (Fsp3) is 0.400. The molecular weight excluding hydrogens is 257 g/mol. The molecule has 0 amide bonds. The van der Waals surface area contributed by atoms with Gasteiger partial charge in [0.2, 0.25) is 0 Å². The molecule has 0 atom stereocenters. The highest BCUT2D eigenvalue weighted by Gasteiger charge is 2.35. The van der Waals surface area contributed by atoms with Crippen molar-refractivity contribution in [3.05, 3.63) is 29.8 Å². The van der Waals surface area contributed by atoms with E-state index in [0.717, 1.165) is 12.1 Å². The predicted octanol–water partition coefficient (Wildman–Crippen LogP) is 2.82. The number of alkyl halides is 3. The summed E-state index contributed by atoms with van der Waals surface area (Å²) in [4.78, 5) is 0. The summed E-state index contributed by atoms with van der Waals surface area (Å²) in [5, 5.41) is 0. The van der Waals surface area contributed by atoms with Crippen molar-refractivity contribution in [2.45, 2.75) is 19.5 Å². The second-order valence-corrected chi connectivity index (χ2v) is 5.03. The molecule has 0 bridgehead atoms. The molecule has 0 fully saturated rings. The number of benzene rings is 1. The fourth-order valence-corrected chi connectivity index (χ4v) is 2.20. The first kappa shape index (κ1) is 13.8. The topological polar surface area (TPSA) is 43.4 Å². The van der Waals surface area contributed by atoms with E-state index in [1.807, 2.05) is 0 Å². The largest absolute Gasteiger partial charge is 0.420 e. The molecule has 1 aromatic rings. The average molecular weight is 268 g/mol. The Hall–Kier alpha value is -1.24. The van der Waals surface area contributed by atoms with Gasteiger partial charge in [-0.15, -0.1) is 0 Å². The third kappa shape index (κ3) is 3.92. The molecule has 0 aliphatic rings. The second kappa shape index (κ2) is 4.95. The van der Waals surface area contributed by atoms with Crippen molar-refractivity contribution in [3.8, 4) is 5.75 Å². The maximum Gasteiger partial charge on any atom is 0.420 e. The number of hydrogen-bond acceptors (Lipinski definition) is 3. The maximum absolute atomic E-state index is 12.5. The van der Waals surface area contributed by atoms with Gasteiger partial charge in [-0.05, 0) is 18.6 Å². The summed E-state index contributed by atoms with van der Waals surface area (Å²) in [6.07, 6.45) is -4.37. The van der Waals surface area contributed by atoms with Gasteiger partial charge in [-0.3, -0.25) is 0 Å². The van der Waals surface area contributed by atoms with Crippen LogP contribution in [0.1, 0.15) is 18.9 Å². The quantitative estimate of drug-likeness (QED) is 0.789. The van der Waals surface area contributed by atoms with Crippen LogP contribution in [0.5, 0.6) is 5.75 Å². The van der Waals surface area contributed by atoms with Crippen LogP contribution >= 0.6 is 0 Å². The lowest BCUT2D eigenvalue weighted by molar-refractivity contribution is -0.138. The molecule has 7 heteroatoms. The highest BCUT2D eigenvalue weighted by Crippen LogP contribution is 2.36. The van der Waals surface area contributed by atoms with E-state index in [0.29, 0.717) is 0 Å². The molecule has 0 heterocycles. The SMILES string of the molecule is CCCS(=O)(=O)Oc1ccccc1C(F)(F)F. The van der Waals surface area contributed by atoms with E-state index in [2.05, 4.69) is 4.18 Å². The third-order valence-electron chi connectivity index (χ3n) is 1.86. The van der Waals surface area contributed by atoms with Crippen LogP contribution in [-0.2, 0) is 16.3 Å². The second-order valence-electron chi connectivity index (χ2n) is 3.34. The lowest BCUT2D eigenvalue weighted by atomic mass is 10.2. The molecule has 0 radical (unpaired) electrons. The van der Waals surface area contributed by atoms with Gasteiger partial charge in [0.05, 0.1) is 11.3 Å². The van der Waals surface area contributed by atoms with Crippen molar-refractivity contribution in [3.63, 3.8) is 0 Å². The van der Waals surface area contributed by atoms with Gasteiger partial charge in [0.1, 0.15) is 0 Å². The Labute approximate surface area is 97.3 Å². The summed E-state index contributed by atoms with van der Waals surface area (Å²) >= 11 is 0. The Kier molecular flexibility index (Phi) is 4.03. The molecule has 0 N–H and O–H groups in total. The van der Waals surface area contributed by atoms with Gasteiger partial charge < -0.3 is 4.18 Å². The molecule has 1 aromatic carbocycles. The molecule has 17 heavy (non-hydrogen) atoms. The van der Waals surface area contributed by atoms with Crippen molar-refractivity contribution in [1.82, 2.24) is 0 Å². The van der Waals surface area contributed by atoms with Crippen LogP contribution in [0.4, 0.5) is 13.2 Å². The van der Waals surface area contributed by atoms with Crippen molar-refractivity contribution in [1.29, 1.82) is 0 Å². The van der Waals surface area contributed by atoms with Gasteiger partial charge in [-0.2, -0.15) is 21.6 Å². The first-order valence-corrected chi connectivity index (χ1v) is 6.42.